The molecular weight excluding hydrogens is 325 g/mol. The molecule has 3 rings (SSSR count). The second kappa shape index (κ2) is 5.80. The van der Waals surface area contributed by atoms with Gasteiger partial charge in [0.15, 0.2) is 11.5 Å². The lowest BCUT2D eigenvalue weighted by molar-refractivity contribution is -0.142. The van der Waals surface area contributed by atoms with Gasteiger partial charge in [-0.1, -0.05) is 6.07 Å². The summed E-state index contributed by atoms with van der Waals surface area (Å²) in [6, 6.07) is 6.14. The number of H-pyrrole nitrogens is 1. The second-order valence-corrected chi connectivity index (χ2v) is 4.83. The Bertz CT molecular complexity index is 863. The minimum atomic E-state index is -4.61. The lowest BCUT2D eigenvalue weighted by Crippen LogP contribution is -2.10. The molecule has 2 aromatic heterocycles. The first-order valence-electron chi connectivity index (χ1n) is 6.65. The number of aromatic amines is 1. The third kappa shape index (κ3) is 2.85. The molecule has 0 saturated carbocycles. The zero-order chi connectivity index (χ0) is 17.3. The van der Waals surface area contributed by atoms with E-state index in [2.05, 4.69) is 25.6 Å². The van der Waals surface area contributed by atoms with Crippen LogP contribution < -0.4 is 10.5 Å². The molecule has 24 heavy (non-hydrogen) atoms. The van der Waals surface area contributed by atoms with Gasteiger partial charge in [-0.3, -0.25) is 0 Å². The molecule has 0 saturated heterocycles. The van der Waals surface area contributed by atoms with Crippen molar-refractivity contribution in [2.24, 2.45) is 0 Å². The highest BCUT2D eigenvalue weighted by molar-refractivity contribution is 5.82. The van der Waals surface area contributed by atoms with Gasteiger partial charge in [0, 0.05) is 23.0 Å². The fourth-order valence-electron chi connectivity index (χ4n) is 2.24. The molecule has 0 spiro atoms. The number of anilines is 1. The highest BCUT2D eigenvalue weighted by atomic mass is 19.4. The van der Waals surface area contributed by atoms with Gasteiger partial charge >= 0.3 is 6.18 Å². The molecule has 2 heterocycles. The van der Waals surface area contributed by atoms with Crippen LogP contribution in [-0.2, 0) is 6.18 Å². The molecule has 3 N–H and O–H groups in total. The summed E-state index contributed by atoms with van der Waals surface area (Å²) in [6.45, 7) is 0. The van der Waals surface area contributed by atoms with Gasteiger partial charge in [0.1, 0.15) is 5.75 Å². The number of rotatable bonds is 3. The average Bonchev–Trinajstić information content (AvgIpc) is 3.07. The Morgan fingerprint density at radius 3 is 2.58 bits per heavy atom. The minimum absolute atomic E-state index is 0.330. The van der Waals surface area contributed by atoms with Crippen LogP contribution in [0.5, 0.6) is 5.75 Å². The summed E-state index contributed by atoms with van der Waals surface area (Å²) in [7, 11) is 1.15. The molecule has 7 nitrogen and oxygen atoms in total. The van der Waals surface area contributed by atoms with E-state index in [1.807, 2.05) is 0 Å². The summed E-state index contributed by atoms with van der Waals surface area (Å²) < 4.78 is 43.6. The van der Waals surface area contributed by atoms with E-state index in [-0.39, 0.29) is 5.75 Å². The molecule has 0 bridgehead atoms. The lowest BCUT2D eigenvalue weighted by atomic mass is 9.99. The van der Waals surface area contributed by atoms with Crippen LogP contribution in [0.3, 0.4) is 0 Å². The molecule has 0 aliphatic carbocycles. The van der Waals surface area contributed by atoms with E-state index in [0.717, 1.165) is 13.3 Å². The molecular formula is C14H11F3N6O. The highest BCUT2D eigenvalue weighted by Crippen LogP contribution is 2.38. The van der Waals surface area contributed by atoms with Crippen molar-refractivity contribution in [3.63, 3.8) is 0 Å². The lowest BCUT2D eigenvalue weighted by Gasteiger charge is -2.13. The van der Waals surface area contributed by atoms with Crippen LogP contribution in [0.1, 0.15) is 5.69 Å². The van der Waals surface area contributed by atoms with Crippen molar-refractivity contribution in [3.8, 4) is 28.3 Å². The van der Waals surface area contributed by atoms with Crippen molar-refractivity contribution in [2.45, 2.75) is 6.18 Å². The van der Waals surface area contributed by atoms with Crippen LogP contribution in [-0.4, -0.2) is 32.7 Å². The van der Waals surface area contributed by atoms with Gasteiger partial charge in [-0.05, 0) is 34.2 Å². The second-order valence-electron chi connectivity index (χ2n) is 4.83. The third-order valence-corrected chi connectivity index (χ3v) is 3.30. The normalized spacial score (nSPS) is 11.5. The van der Waals surface area contributed by atoms with Crippen molar-refractivity contribution >= 4 is 5.69 Å². The first-order valence-corrected chi connectivity index (χ1v) is 6.65. The Balaban J connectivity index is 2.17. The van der Waals surface area contributed by atoms with Crippen molar-refractivity contribution in [2.75, 3.05) is 12.8 Å². The Kier molecular flexibility index (Phi) is 3.80. The molecule has 0 amide bonds. The molecule has 1 aromatic carbocycles. The van der Waals surface area contributed by atoms with Crippen molar-refractivity contribution in [3.05, 3.63) is 36.2 Å². The van der Waals surface area contributed by atoms with Crippen LogP contribution in [0.15, 0.2) is 30.5 Å². The van der Waals surface area contributed by atoms with E-state index < -0.39 is 11.9 Å². The van der Waals surface area contributed by atoms with Gasteiger partial charge in [-0.15, -0.1) is 5.10 Å². The maximum absolute atomic E-state index is 12.9. The molecule has 0 radical (unpaired) electrons. The van der Waals surface area contributed by atoms with E-state index in [1.165, 1.54) is 6.07 Å². The van der Waals surface area contributed by atoms with Crippen LogP contribution in [0.2, 0.25) is 0 Å². The van der Waals surface area contributed by atoms with E-state index in [1.54, 1.807) is 18.2 Å². The summed E-state index contributed by atoms with van der Waals surface area (Å²) in [5, 5.41) is 13.4. The standard InChI is InChI=1S/C14H11F3N6O/c1-24-11-4-7(6-19-12(11)14(15,16)17)9-3-2-8(18)5-10(9)13-20-22-23-21-13/h2-6H,18H2,1H3,(H,20,21,22,23). The summed E-state index contributed by atoms with van der Waals surface area (Å²) in [6.07, 6.45) is -3.49. The average molecular weight is 336 g/mol. The first-order chi connectivity index (χ1) is 11.4. The Hall–Kier alpha value is -3.17. The summed E-state index contributed by atoms with van der Waals surface area (Å²) >= 11 is 0. The quantitative estimate of drug-likeness (QED) is 0.713. The largest absolute Gasteiger partial charge is 0.494 e. The van der Waals surface area contributed by atoms with Gasteiger partial charge in [-0.25, -0.2) is 10.1 Å². The van der Waals surface area contributed by atoms with Crippen LogP contribution in [0.25, 0.3) is 22.5 Å². The number of methoxy groups -OCH3 is 1. The van der Waals surface area contributed by atoms with Gasteiger partial charge in [0.05, 0.1) is 7.11 Å². The Morgan fingerprint density at radius 1 is 1.17 bits per heavy atom. The van der Waals surface area contributed by atoms with Crippen molar-refractivity contribution in [1.82, 2.24) is 25.6 Å². The molecule has 0 atom stereocenters. The number of benzene rings is 1. The predicted octanol–water partition coefficient (Wildman–Crippen LogP) is 2.54. The van der Waals surface area contributed by atoms with Crippen LogP contribution in [0.4, 0.5) is 18.9 Å². The number of ether oxygens (including phenoxy) is 1. The minimum Gasteiger partial charge on any atom is -0.494 e. The number of aromatic nitrogens is 5. The topological polar surface area (TPSA) is 103 Å². The number of hydrogen-bond donors (Lipinski definition) is 2. The van der Waals surface area contributed by atoms with Gasteiger partial charge in [0.2, 0.25) is 0 Å². The van der Waals surface area contributed by atoms with Crippen LogP contribution in [0, 0.1) is 0 Å². The van der Waals surface area contributed by atoms with Gasteiger partial charge in [-0.2, -0.15) is 13.2 Å². The number of nitrogens with zero attached hydrogens (tertiary/aromatic N) is 4. The number of tetrazole rings is 1. The van der Waals surface area contributed by atoms with Crippen molar-refractivity contribution in [1.29, 1.82) is 0 Å². The monoisotopic (exact) mass is 336 g/mol. The molecule has 124 valence electrons. The van der Waals surface area contributed by atoms with E-state index in [9.17, 15) is 13.2 Å². The number of halogens is 3. The van der Waals surface area contributed by atoms with E-state index in [4.69, 9.17) is 10.5 Å². The van der Waals surface area contributed by atoms with Crippen LogP contribution >= 0.6 is 0 Å². The third-order valence-electron chi connectivity index (χ3n) is 3.30. The van der Waals surface area contributed by atoms with Gasteiger partial charge < -0.3 is 10.5 Å². The fourth-order valence-corrected chi connectivity index (χ4v) is 2.24. The molecule has 0 aliphatic rings. The summed E-state index contributed by atoms with van der Waals surface area (Å²) in [5.41, 5.74) is 6.64. The maximum atomic E-state index is 12.9. The number of nitrogens with one attached hydrogen (secondary N) is 1. The Morgan fingerprint density at radius 2 is 1.96 bits per heavy atom. The first kappa shape index (κ1) is 15.7. The Labute approximate surface area is 133 Å². The van der Waals surface area contributed by atoms with Gasteiger partial charge in [0.25, 0.3) is 0 Å². The molecule has 0 fully saturated rings. The SMILES string of the molecule is COc1cc(-c2ccc(N)cc2-c2nnn[nH]2)cnc1C(F)(F)F. The number of pyridine rings is 1. The zero-order valence-electron chi connectivity index (χ0n) is 12.3. The predicted molar refractivity (Wildman–Crippen MR) is 78.8 cm³/mol. The fraction of sp³-hybridized carbons (Fsp3) is 0.143. The number of nitrogens with two attached hydrogens (primary N) is 1. The zero-order valence-corrected chi connectivity index (χ0v) is 12.3. The highest BCUT2D eigenvalue weighted by Gasteiger charge is 2.36. The number of hydrogen-bond acceptors (Lipinski definition) is 6. The molecule has 0 aliphatic heterocycles. The summed E-state index contributed by atoms with van der Waals surface area (Å²) in [4.78, 5) is 3.50. The van der Waals surface area contributed by atoms with E-state index >= 15 is 0 Å². The summed E-state index contributed by atoms with van der Waals surface area (Å²) in [5.74, 6) is -0.0466. The molecule has 0 unspecified atom stereocenters. The smallest absolute Gasteiger partial charge is 0.437 e. The van der Waals surface area contributed by atoms with Crippen molar-refractivity contribution < 1.29 is 17.9 Å². The maximum Gasteiger partial charge on any atom is 0.437 e. The van der Waals surface area contributed by atoms with E-state index in [0.29, 0.717) is 28.2 Å². The molecule has 3 aromatic rings. The number of nitrogen functional groups attached to an aromatic ring is 1. The molecule has 10 heteroatoms. The number of alkyl halides is 3.